The second-order valence-corrected chi connectivity index (χ2v) is 10.0. The molecule has 3 heterocycles. The molecule has 0 bridgehead atoms. The van der Waals surface area contributed by atoms with Gasteiger partial charge in [-0.3, -0.25) is 9.69 Å². The van der Waals surface area contributed by atoms with Crippen molar-refractivity contribution in [3.63, 3.8) is 0 Å². The lowest BCUT2D eigenvalue weighted by Gasteiger charge is -2.48. The van der Waals surface area contributed by atoms with Crippen LogP contribution in [-0.4, -0.2) is 52.0 Å². The van der Waals surface area contributed by atoms with E-state index in [9.17, 15) is 9.59 Å². The molecule has 176 valence electrons. The van der Waals surface area contributed by atoms with Gasteiger partial charge in [0.25, 0.3) is 5.91 Å². The second kappa shape index (κ2) is 9.18. The van der Waals surface area contributed by atoms with Crippen molar-refractivity contribution in [1.82, 2.24) is 15.5 Å². The summed E-state index contributed by atoms with van der Waals surface area (Å²) in [5.74, 6) is 0.624. The van der Waals surface area contributed by atoms with Crippen LogP contribution in [0.5, 0.6) is 0 Å². The first kappa shape index (κ1) is 22.5. The molecule has 0 aromatic heterocycles. The third-order valence-corrected chi connectivity index (χ3v) is 7.91. The fourth-order valence-electron chi connectivity index (χ4n) is 4.41. The van der Waals surface area contributed by atoms with Crippen molar-refractivity contribution in [3.05, 3.63) is 83.1 Å². The van der Waals surface area contributed by atoms with Crippen LogP contribution in [0.15, 0.2) is 76.9 Å². The van der Waals surface area contributed by atoms with Crippen molar-refractivity contribution in [2.75, 3.05) is 5.75 Å². The fraction of sp³-hybridized carbons (Fsp3) is 0.346. The summed E-state index contributed by atoms with van der Waals surface area (Å²) < 4.78 is 6.07. The molecule has 2 aromatic rings. The number of nitrogens with one attached hydrogen (secondary N) is 2. The van der Waals surface area contributed by atoms with Gasteiger partial charge in [-0.2, -0.15) is 0 Å². The number of nitrogens with zero attached hydrogens (tertiary/aromatic N) is 2. The molecule has 0 aliphatic carbocycles. The number of fused-ring (bicyclic) bond motifs is 1. The summed E-state index contributed by atoms with van der Waals surface area (Å²) in [4.78, 5) is 32.8. The molecule has 4 atom stereocenters. The maximum atomic E-state index is 13.5. The molecule has 3 aliphatic rings. The fourth-order valence-corrected chi connectivity index (χ4v) is 5.69. The van der Waals surface area contributed by atoms with Crippen LogP contribution in [0.25, 0.3) is 0 Å². The number of amides is 1. The lowest BCUT2D eigenvalue weighted by molar-refractivity contribution is -0.153. The van der Waals surface area contributed by atoms with Gasteiger partial charge in [0.1, 0.15) is 11.1 Å². The number of ether oxygens (including phenoxy) is 1. The summed E-state index contributed by atoms with van der Waals surface area (Å²) in [7, 11) is 0. The molecule has 7 nitrogen and oxygen atoms in total. The largest absolute Gasteiger partial charge is 0.448 e. The van der Waals surface area contributed by atoms with Gasteiger partial charge in [-0.15, -0.1) is 11.8 Å². The third kappa shape index (κ3) is 4.07. The predicted octanol–water partition coefficient (Wildman–Crippen LogP) is 3.20. The van der Waals surface area contributed by atoms with Crippen LogP contribution >= 0.6 is 11.8 Å². The summed E-state index contributed by atoms with van der Waals surface area (Å²) in [6.45, 7) is 6.02. The maximum absolute atomic E-state index is 13.5. The van der Waals surface area contributed by atoms with Crippen molar-refractivity contribution < 1.29 is 14.3 Å². The Morgan fingerprint density at radius 2 is 1.59 bits per heavy atom. The lowest BCUT2D eigenvalue weighted by atomic mass is 10.0. The van der Waals surface area contributed by atoms with Gasteiger partial charge in [0.15, 0.2) is 18.1 Å². The topological polar surface area (TPSA) is 83.0 Å². The van der Waals surface area contributed by atoms with E-state index in [-0.39, 0.29) is 23.4 Å². The van der Waals surface area contributed by atoms with Gasteiger partial charge < -0.3 is 15.4 Å². The number of guanidine groups is 1. The van der Waals surface area contributed by atoms with Crippen LogP contribution < -0.4 is 10.6 Å². The van der Waals surface area contributed by atoms with Crippen molar-refractivity contribution in [1.29, 1.82) is 0 Å². The Bertz CT molecular complexity index is 1100. The number of carbonyl (C=O) groups is 2. The smallest absolute Gasteiger partial charge is 0.356 e. The number of hydrogen-bond donors (Lipinski definition) is 2. The first-order valence-electron chi connectivity index (χ1n) is 11.5. The van der Waals surface area contributed by atoms with Crippen molar-refractivity contribution >= 4 is 29.6 Å². The van der Waals surface area contributed by atoms with Crippen LogP contribution in [0.2, 0.25) is 0 Å². The van der Waals surface area contributed by atoms with Gasteiger partial charge >= 0.3 is 5.97 Å². The number of β-lactam (4-membered cyclic amide) rings is 1. The highest BCUT2D eigenvalue weighted by Crippen LogP contribution is 2.42. The number of aliphatic imine (C=N–C) groups is 1. The molecule has 0 radical (unpaired) electrons. The van der Waals surface area contributed by atoms with E-state index in [1.165, 1.54) is 0 Å². The number of rotatable bonds is 5. The molecular formula is C26H28N4O3S. The molecule has 1 amide bonds. The van der Waals surface area contributed by atoms with E-state index in [0.29, 0.717) is 17.4 Å². The Morgan fingerprint density at radius 1 is 1.03 bits per heavy atom. The lowest BCUT2D eigenvalue weighted by Crippen LogP contribution is -2.64. The van der Waals surface area contributed by atoms with Crippen LogP contribution in [0.3, 0.4) is 0 Å². The minimum absolute atomic E-state index is 0.178. The minimum atomic E-state index is -0.564. The second-order valence-electron chi connectivity index (χ2n) is 8.93. The Kier molecular flexibility index (Phi) is 6.08. The number of thioether (sulfide) groups is 1. The Morgan fingerprint density at radius 3 is 2.15 bits per heavy atom. The highest BCUT2D eigenvalue weighted by atomic mass is 32.2. The summed E-state index contributed by atoms with van der Waals surface area (Å²) in [5, 5.41) is 6.34. The van der Waals surface area contributed by atoms with Gasteiger partial charge in [0.2, 0.25) is 0 Å². The molecule has 0 saturated carbocycles. The molecule has 3 aliphatic heterocycles. The van der Waals surface area contributed by atoms with Crippen molar-refractivity contribution in [3.8, 4) is 0 Å². The number of hydrogen-bond acceptors (Lipinski definition) is 5. The van der Waals surface area contributed by atoms with E-state index in [1.807, 2.05) is 67.6 Å². The maximum Gasteiger partial charge on any atom is 0.356 e. The minimum Gasteiger partial charge on any atom is -0.448 e. The standard InChI is InChI=1S/C26H28N4O3S/c1-15-14-34-24-20(29-26-27-16(2)17(3)28-26)23(31)30(24)21(15)25(32)33-22(18-10-6-4-7-11-18)19-12-8-5-9-13-19/h4-13,16-17,20,22,24H,14H2,1-3H3,(H2,27,28,29)/t16?,17?,20-,24?/m1/s1. The number of esters is 1. The number of benzene rings is 2. The summed E-state index contributed by atoms with van der Waals surface area (Å²) >= 11 is 1.63. The molecule has 2 N–H and O–H groups in total. The van der Waals surface area contributed by atoms with Gasteiger partial charge in [-0.05, 0) is 37.5 Å². The molecule has 8 heteroatoms. The van der Waals surface area contributed by atoms with Crippen LogP contribution in [0.1, 0.15) is 38.0 Å². The van der Waals surface area contributed by atoms with E-state index in [0.717, 1.165) is 16.7 Å². The molecule has 3 unspecified atom stereocenters. The zero-order chi connectivity index (χ0) is 23.8. The zero-order valence-corrected chi connectivity index (χ0v) is 20.2. The Labute approximate surface area is 203 Å². The molecule has 2 fully saturated rings. The van der Waals surface area contributed by atoms with E-state index in [2.05, 4.69) is 29.5 Å². The summed E-state index contributed by atoms with van der Waals surface area (Å²) in [6, 6.07) is 19.3. The van der Waals surface area contributed by atoms with Gasteiger partial charge in [-0.25, -0.2) is 9.79 Å². The van der Waals surface area contributed by atoms with Crippen molar-refractivity contribution in [2.24, 2.45) is 4.99 Å². The van der Waals surface area contributed by atoms with E-state index in [4.69, 9.17) is 4.74 Å². The monoisotopic (exact) mass is 476 g/mol. The zero-order valence-electron chi connectivity index (χ0n) is 19.4. The first-order valence-corrected chi connectivity index (χ1v) is 12.5. The Hall–Kier alpha value is -3.26. The predicted molar refractivity (Wildman–Crippen MR) is 133 cm³/mol. The highest BCUT2D eigenvalue weighted by molar-refractivity contribution is 8.00. The van der Waals surface area contributed by atoms with E-state index < -0.39 is 18.1 Å². The average Bonchev–Trinajstić information content (AvgIpc) is 3.18. The number of carbonyl (C=O) groups excluding carboxylic acids is 2. The first-order chi connectivity index (χ1) is 16.4. The highest BCUT2D eigenvalue weighted by Gasteiger charge is 2.54. The summed E-state index contributed by atoms with van der Waals surface area (Å²) in [5.41, 5.74) is 2.94. The van der Waals surface area contributed by atoms with Gasteiger partial charge in [0, 0.05) is 17.8 Å². The molecule has 2 aromatic carbocycles. The van der Waals surface area contributed by atoms with Crippen LogP contribution in [0, 0.1) is 0 Å². The SMILES string of the molecule is CC1=C(C(=O)OC(c2ccccc2)c2ccccc2)N2C(=O)[C@@H](N=C3NC(C)C(C)N3)C2SC1. The van der Waals surface area contributed by atoms with Crippen molar-refractivity contribution in [2.45, 2.75) is 50.4 Å². The van der Waals surface area contributed by atoms with Gasteiger partial charge in [0.05, 0.1) is 0 Å². The average molecular weight is 477 g/mol. The van der Waals surface area contributed by atoms with Crippen LogP contribution in [-0.2, 0) is 14.3 Å². The molecule has 34 heavy (non-hydrogen) atoms. The quantitative estimate of drug-likeness (QED) is 0.510. The van der Waals surface area contributed by atoms with Gasteiger partial charge in [-0.1, -0.05) is 60.7 Å². The van der Waals surface area contributed by atoms with E-state index >= 15 is 0 Å². The molecule has 2 saturated heterocycles. The van der Waals surface area contributed by atoms with Crippen LogP contribution in [0.4, 0.5) is 0 Å². The normalized spacial score (nSPS) is 25.9. The third-order valence-electron chi connectivity index (χ3n) is 6.50. The molecule has 5 rings (SSSR count). The molecular weight excluding hydrogens is 448 g/mol. The molecule has 0 spiro atoms. The van der Waals surface area contributed by atoms with E-state index in [1.54, 1.807) is 16.7 Å². The summed E-state index contributed by atoms with van der Waals surface area (Å²) in [6.07, 6.45) is -0.564. The Balaban J connectivity index is 1.38.